The minimum absolute atomic E-state index is 0.183. The number of carbonyl (C=O) groups excluding carboxylic acids is 4. The summed E-state index contributed by atoms with van der Waals surface area (Å²) in [5.41, 5.74) is -3.72. The summed E-state index contributed by atoms with van der Waals surface area (Å²) in [6, 6.07) is 0. The monoisotopic (exact) mass is 654 g/mol. The number of hydrogen-bond donors (Lipinski definition) is 2. The Balaban J connectivity index is 1.15. The molecule has 4 bridgehead atoms. The highest BCUT2D eigenvalue weighted by molar-refractivity contribution is 6.30. The molecule has 12 heteroatoms. The van der Waals surface area contributed by atoms with Crippen molar-refractivity contribution in [1.82, 2.24) is 0 Å². The zero-order valence-corrected chi connectivity index (χ0v) is 29.2. The van der Waals surface area contributed by atoms with E-state index in [2.05, 4.69) is 0 Å². The summed E-state index contributed by atoms with van der Waals surface area (Å²) in [6.45, 7) is 18.7. The van der Waals surface area contributed by atoms with Crippen LogP contribution < -0.4 is 0 Å². The third-order valence-electron chi connectivity index (χ3n) is 13.0. The van der Waals surface area contributed by atoms with Crippen molar-refractivity contribution in [1.29, 1.82) is 0 Å². The van der Waals surface area contributed by atoms with Crippen molar-refractivity contribution in [3.63, 3.8) is 0 Å². The van der Waals surface area contributed by atoms with E-state index in [0.717, 1.165) is 12.8 Å². The lowest BCUT2D eigenvalue weighted by Gasteiger charge is -2.43. The molecule has 12 nitrogen and oxygen atoms in total. The van der Waals surface area contributed by atoms with E-state index in [1.165, 1.54) is 0 Å². The molecule has 0 aromatic carbocycles. The fourth-order valence-electron chi connectivity index (χ4n) is 8.68. The van der Waals surface area contributed by atoms with Gasteiger partial charge in [-0.1, -0.05) is 54.4 Å². The summed E-state index contributed by atoms with van der Waals surface area (Å²) in [5, 5.41) is 22.4. The Hall–Kier alpha value is -2.28. The van der Waals surface area contributed by atoms with Gasteiger partial charge in [0.15, 0.2) is 0 Å². The molecule has 0 amide bonds. The summed E-state index contributed by atoms with van der Waals surface area (Å²) in [7, 11) is 0. The molecule has 262 valence electrons. The van der Waals surface area contributed by atoms with E-state index in [0.29, 0.717) is 38.5 Å². The maximum absolute atomic E-state index is 12.5. The summed E-state index contributed by atoms with van der Waals surface area (Å²) in [4.78, 5) is 69.9. The smallest absolute Gasteiger partial charge is 0.424 e. The molecule has 6 unspecified atom stereocenters. The fourth-order valence-corrected chi connectivity index (χ4v) is 8.68. The van der Waals surface area contributed by atoms with Crippen LogP contribution in [0.2, 0.25) is 0 Å². The van der Waals surface area contributed by atoms with Crippen molar-refractivity contribution < 1.29 is 58.4 Å². The normalized spacial score (nSPS) is 35.6. The van der Waals surface area contributed by atoms with E-state index in [-0.39, 0.29) is 35.5 Å². The second kappa shape index (κ2) is 11.7. The van der Waals surface area contributed by atoms with E-state index >= 15 is 0 Å². The quantitative estimate of drug-likeness (QED) is 0.0748. The number of unbranched alkanes of at least 4 members (excludes halogenated alkanes) is 1. The largest absolute Gasteiger partial charge is 0.449 e. The summed E-state index contributed by atoms with van der Waals surface area (Å²) in [5.74, 6) is -8.42. The maximum Gasteiger partial charge on any atom is 0.449 e. The van der Waals surface area contributed by atoms with Crippen LogP contribution in [0.4, 0.5) is 0 Å². The van der Waals surface area contributed by atoms with Crippen LogP contribution in [0.15, 0.2) is 0 Å². The van der Waals surface area contributed by atoms with E-state index < -0.39 is 57.5 Å². The third kappa shape index (κ3) is 6.07. The summed E-state index contributed by atoms with van der Waals surface area (Å²) in [6.07, 6.45) is 5.83. The van der Waals surface area contributed by atoms with Crippen molar-refractivity contribution in [3.05, 3.63) is 0 Å². The second-order valence-corrected chi connectivity index (χ2v) is 17.0. The summed E-state index contributed by atoms with van der Waals surface area (Å²) >= 11 is 0. The standard InChI is InChI=1S/C34H54O12/c1-27(2,45-43-25(37)23(35)41-33(39)19-21-13-17-31(33,9)29(21,5)6)15-11-12-16-28(3,4)46-44-26(38)24(36)42-34(40)20-22-14-18-32(34,10)30(22,7)8/h21-22,39-40H,11-20H2,1-10H3. The van der Waals surface area contributed by atoms with Gasteiger partial charge in [-0.15, -0.1) is 0 Å². The zero-order valence-electron chi connectivity index (χ0n) is 29.2. The SMILES string of the molecule is CC(C)(CCCCC(C)(C)OOC(=O)C(=O)OC1(O)CC2CCC1(C)C2(C)C)OOC(=O)C(=O)OC1(O)CC2CCC1(C)C2(C)C. The lowest BCUT2D eigenvalue weighted by molar-refractivity contribution is -0.330. The number of carbonyl (C=O) groups is 4. The van der Waals surface area contributed by atoms with Crippen LogP contribution in [-0.4, -0.2) is 56.9 Å². The van der Waals surface area contributed by atoms with Gasteiger partial charge in [-0.2, -0.15) is 9.78 Å². The number of rotatable bonds is 11. The van der Waals surface area contributed by atoms with Crippen LogP contribution in [0.3, 0.4) is 0 Å². The molecule has 4 aliphatic rings. The number of fused-ring (bicyclic) bond motifs is 4. The first-order chi connectivity index (χ1) is 20.9. The topological polar surface area (TPSA) is 164 Å². The molecule has 0 radical (unpaired) electrons. The Bertz CT molecular complexity index is 1140. The highest BCUT2D eigenvalue weighted by Gasteiger charge is 2.72. The molecular formula is C34H54O12. The molecule has 0 spiro atoms. The minimum Gasteiger partial charge on any atom is -0.424 e. The predicted molar refractivity (Wildman–Crippen MR) is 162 cm³/mol. The first-order valence-corrected chi connectivity index (χ1v) is 16.6. The molecule has 0 aliphatic heterocycles. The maximum atomic E-state index is 12.5. The Morgan fingerprint density at radius 2 is 0.935 bits per heavy atom. The number of esters is 2. The molecule has 46 heavy (non-hydrogen) atoms. The molecule has 4 saturated carbocycles. The van der Waals surface area contributed by atoms with Crippen LogP contribution in [0.5, 0.6) is 0 Å². The fraction of sp³-hybridized carbons (Fsp3) is 0.882. The molecule has 6 atom stereocenters. The first-order valence-electron chi connectivity index (χ1n) is 16.6. The van der Waals surface area contributed by atoms with Crippen molar-refractivity contribution in [2.75, 3.05) is 0 Å². The minimum atomic E-state index is -1.75. The van der Waals surface area contributed by atoms with Gasteiger partial charge in [0.05, 0.1) is 0 Å². The zero-order chi connectivity index (χ0) is 34.8. The van der Waals surface area contributed by atoms with E-state index in [1.807, 2.05) is 41.5 Å². The van der Waals surface area contributed by atoms with E-state index in [9.17, 15) is 29.4 Å². The van der Waals surface area contributed by atoms with Gasteiger partial charge in [0, 0.05) is 23.7 Å². The van der Waals surface area contributed by atoms with Crippen LogP contribution in [0.1, 0.15) is 133 Å². The van der Waals surface area contributed by atoms with Gasteiger partial charge in [-0.3, -0.25) is 9.78 Å². The molecule has 4 aliphatic carbocycles. The number of aliphatic hydroxyl groups is 2. The van der Waals surface area contributed by atoms with E-state index in [4.69, 9.17) is 29.0 Å². The van der Waals surface area contributed by atoms with Gasteiger partial charge in [-0.05, 0) is 88.9 Å². The lowest BCUT2D eigenvalue weighted by atomic mass is 9.68. The van der Waals surface area contributed by atoms with Crippen molar-refractivity contribution in [2.45, 2.75) is 156 Å². The molecule has 4 fully saturated rings. The van der Waals surface area contributed by atoms with Gasteiger partial charge in [0.25, 0.3) is 0 Å². The van der Waals surface area contributed by atoms with Crippen LogP contribution in [-0.2, 0) is 48.2 Å². The third-order valence-corrected chi connectivity index (χ3v) is 13.0. The van der Waals surface area contributed by atoms with Gasteiger partial charge >= 0.3 is 23.9 Å². The molecule has 0 saturated heterocycles. The molecule has 0 aromatic rings. The molecule has 0 heterocycles. The molecular weight excluding hydrogens is 600 g/mol. The van der Waals surface area contributed by atoms with Crippen molar-refractivity contribution in [2.24, 2.45) is 33.5 Å². The summed E-state index contributed by atoms with van der Waals surface area (Å²) < 4.78 is 10.6. The molecule has 0 aromatic heterocycles. The molecule has 2 N–H and O–H groups in total. The first kappa shape index (κ1) is 36.6. The Morgan fingerprint density at radius 3 is 1.20 bits per heavy atom. The van der Waals surface area contributed by atoms with Crippen molar-refractivity contribution >= 4 is 23.9 Å². The number of hydrogen-bond acceptors (Lipinski definition) is 12. The lowest BCUT2D eigenvalue weighted by Crippen LogP contribution is -2.51. The van der Waals surface area contributed by atoms with Gasteiger partial charge in [0.1, 0.15) is 11.2 Å². The highest BCUT2D eigenvalue weighted by Crippen LogP contribution is 2.71. The highest BCUT2D eigenvalue weighted by atomic mass is 17.2. The van der Waals surface area contributed by atoms with Crippen LogP contribution in [0.25, 0.3) is 0 Å². The van der Waals surface area contributed by atoms with E-state index in [1.54, 1.807) is 27.7 Å². The van der Waals surface area contributed by atoms with Crippen LogP contribution >= 0.6 is 0 Å². The molecule has 4 rings (SSSR count). The van der Waals surface area contributed by atoms with Gasteiger partial charge < -0.3 is 19.7 Å². The van der Waals surface area contributed by atoms with Gasteiger partial charge in [0.2, 0.25) is 11.6 Å². The predicted octanol–water partition coefficient (Wildman–Crippen LogP) is 5.21. The number of ether oxygens (including phenoxy) is 2. The van der Waals surface area contributed by atoms with Gasteiger partial charge in [-0.25, -0.2) is 19.2 Å². The van der Waals surface area contributed by atoms with Crippen molar-refractivity contribution in [3.8, 4) is 0 Å². The average molecular weight is 655 g/mol. The Labute approximate surface area is 272 Å². The van der Waals surface area contributed by atoms with Crippen LogP contribution in [0, 0.1) is 33.5 Å². The second-order valence-electron chi connectivity index (χ2n) is 17.0. The Morgan fingerprint density at radius 1 is 0.609 bits per heavy atom. The average Bonchev–Trinajstić information content (AvgIpc) is 3.42. The Kier molecular flexibility index (Phi) is 9.30.